The van der Waals surface area contributed by atoms with E-state index in [2.05, 4.69) is 58.5 Å². The van der Waals surface area contributed by atoms with E-state index in [1.807, 2.05) is 6.07 Å². The summed E-state index contributed by atoms with van der Waals surface area (Å²) >= 11 is 6.22. The minimum Gasteiger partial charge on any atom is -0.361 e. The fourth-order valence-corrected chi connectivity index (χ4v) is 4.52. The summed E-state index contributed by atoms with van der Waals surface area (Å²) in [7, 11) is 0. The van der Waals surface area contributed by atoms with Crippen LogP contribution < -0.4 is 0 Å². The highest BCUT2D eigenvalue weighted by molar-refractivity contribution is 6.30. The molecule has 2 aromatic carbocycles. The molecule has 0 unspecified atom stereocenters. The summed E-state index contributed by atoms with van der Waals surface area (Å²) in [5.74, 6) is 0. The molecule has 1 aliphatic rings. The van der Waals surface area contributed by atoms with Gasteiger partial charge < -0.3 is 4.98 Å². The molecule has 3 heteroatoms. The lowest BCUT2D eigenvalue weighted by Gasteiger charge is -2.34. The Morgan fingerprint density at radius 2 is 1.85 bits per heavy atom. The minimum atomic E-state index is 0.702. The molecule has 1 fully saturated rings. The fourth-order valence-electron chi connectivity index (χ4n) is 4.31. The lowest BCUT2D eigenvalue weighted by Crippen LogP contribution is -2.37. The Bertz CT molecular complexity index is 848. The van der Waals surface area contributed by atoms with E-state index in [4.69, 9.17) is 11.6 Å². The Balaban J connectivity index is 1.50. The summed E-state index contributed by atoms with van der Waals surface area (Å²) in [5.41, 5.74) is 3.98. The van der Waals surface area contributed by atoms with E-state index in [0.29, 0.717) is 6.04 Å². The maximum Gasteiger partial charge on any atom is 0.0456 e. The highest BCUT2D eigenvalue weighted by Gasteiger charge is 2.21. The number of para-hydroxylation sites is 1. The largest absolute Gasteiger partial charge is 0.361 e. The Morgan fingerprint density at radius 1 is 1.00 bits per heavy atom. The number of hydrogen-bond donors (Lipinski definition) is 1. The number of aromatic nitrogens is 1. The molecule has 1 heterocycles. The molecule has 26 heavy (non-hydrogen) atoms. The van der Waals surface area contributed by atoms with Gasteiger partial charge in [-0.1, -0.05) is 61.2 Å². The van der Waals surface area contributed by atoms with Crippen LogP contribution in [0.5, 0.6) is 0 Å². The molecule has 3 aromatic rings. The van der Waals surface area contributed by atoms with Crippen LogP contribution in [0.4, 0.5) is 0 Å². The Morgan fingerprint density at radius 3 is 2.69 bits per heavy atom. The molecule has 1 aromatic heterocycles. The molecule has 0 atom stereocenters. The third kappa shape index (κ3) is 4.13. The van der Waals surface area contributed by atoms with Gasteiger partial charge in [0.25, 0.3) is 0 Å². The highest BCUT2D eigenvalue weighted by atomic mass is 35.5. The van der Waals surface area contributed by atoms with Crippen molar-refractivity contribution >= 4 is 22.5 Å². The van der Waals surface area contributed by atoms with Gasteiger partial charge >= 0.3 is 0 Å². The van der Waals surface area contributed by atoms with Crippen LogP contribution in [0.15, 0.2) is 54.7 Å². The molecule has 1 saturated carbocycles. The van der Waals surface area contributed by atoms with Crippen LogP contribution >= 0.6 is 11.6 Å². The smallest absolute Gasteiger partial charge is 0.0456 e. The van der Waals surface area contributed by atoms with Gasteiger partial charge in [-0.25, -0.2) is 0 Å². The Kier molecular flexibility index (Phi) is 5.62. The zero-order chi connectivity index (χ0) is 17.8. The molecule has 1 N–H and O–H groups in total. The number of hydrogen-bond acceptors (Lipinski definition) is 1. The Hall–Kier alpha value is -1.77. The van der Waals surface area contributed by atoms with Crippen molar-refractivity contribution < 1.29 is 0 Å². The van der Waals surface area contributed by atoms with Gasteiger partial charge in [-0.05, 0) is 48.6 Å². The van der Waals surface area contributed by atoms with Gasteiger partial charge in [-0.3, -0.25) is 4.90 Å². The van der Waals surface area contributed by atoms with Crippen molar-refractivity contribution in [3.63, 3.8) is 0 Å². The number of rotatable bonds is 6. The first kappa shape index (κ1) is 17.6. The summed E-state index contributed by atoms with van der Waals surface area (Å²) in [4.78, 5) is 6.10. The summed E-state index contributed by atoms with van der Waals surface area (Å²) in [6.07, 6.45) is 10.0. The number of halogens is 1. The number of aromatic amines is 1. The van der Waals surface area contributed by atoms with Gasteiger partial charge in [0, 0.05) is 41.3 Å². The zero-order valence-corrected chi connectivity index (χ0v) is 16.0. The molecular formula is C23H27ClN2. The quantitative estimate of drug-likeness (QED) is 0.550. The lowest BCUT2D eigenvalue weighted by atomic mass is 9.93. The molecule has 4 rings (SSSR count). The van der Waals surface area contributed by atoms with Gasteiger partial charge in [-0.15, -0.1) is 0 Å². The van der Waals surface area contributed by atoms with Crippen molar-refractivity contribution in [2.45, 2.75) is 51.1 Å². The minimum absolute atomic E-state index is 0.702. The summed E-state index contributed by atoms with van der Waals surface area (Å²) in [5, 5.41) is 2.20. The second-order valence-corrected chi connectivity index (χ2v) is 7.94. The first-order valence-electron chi connectivity index (χ1n) is 9.83. The molecule has 0 radical (unpaired) electrons. The normalized spacial score (nSPS) is 15.8. The fraction of sp³-hybridized carbons (Fsp3) is 0.391. The summed E-state index contributed by atoms with van der Waals surface area (Å²) < 4.78 is 0. The third-order valence-electron chi connectivity index (χ3n) is 5.71. The van der Waals surface area contributed by atoms with E-state index in [9.17, 15) is 0 Å². The summed E-state index contributed by atoms with van der Waals surface area (Å²) in [6, 6.07) is 17.6. The first-order valence-corrected chi connectivity index (χ1v) is 10.2. The number of benzene rings is 2. The van der Waals surface area contributed by atoms with Crippen molar-refractivity contribution in [1.82, 2.24) is 9.88 Å². The molecule has 0 aliphatic heterocycles. The molecule has 1 aliphatic carbocycles. The molecule has 0 amide bonds. The topological polar surface area (TPSA) is 19.0 Å². The van der Waals surface area contributed by atoms with Gasteiger partial charge in [0.15, 0.2) is 0 Å². The van der Waals surface area contributed by atoms with E-state index < -0.39 is 0 Å². The van der Waals surface area contributed by atoms with E-state index in [1.165, 1.54) is 54.1 Å². The van der Waals surface area contributed by atoms with Crippen LogP contribution in [0.1, 0.15) is 43.2 Å². The molecule has 2 nitrogen and oxygen atoms in total. The van der Waals surface area contributed by atoms with E-state index >= 15 is 0 Å². The van der Waals surface area contributed by atoms with Crippen LogP contribution in [0.2, 0.25) is 5.02 Å². The number of H-pyrrole nitrogens is 1. The van der Waals surface area contributed by atoms with Crippen LogP contribution in [0, 0.1) is 0 Å². The molecular weight excluding hydrogens is 340 g/mol. The van der Waals surface area contributed by atoms with Gasteiger partial charge in [0.1, 0.15) is 0 Å². The zero-order valence-electron chi connectivity index (χ0n) is 15.3. The predicted molar refractivity (Wildman–Crippen MR) is 111 cm³/mol. The number of nitrogens with one attached hydrogen (secondary N) is 1. The lowest BCUT2D eigenvalue weighted by molar-refractivity contribution is 0.150. The number of fused-ring (bicyclic) bond motifs is 1. The highest BCUT2D eigenvalue weighted by Crippen LogP contribution is 2.26. The van der Waals surface area contributed by atoms with Crippen molar-refractivity contribution in [1.29, 1.82) is 0 Å². The van der Waals surface area contributed by atoms with Crippen molar-refractivity contribution in [3.8, 4) is 0 Å². The summed E-state index contributed by atoms with van der Waals surface area (Å²) in [6.45, 7) is 2.09. The molecule has 0 bridgehead atoms. The van der Waals surface area contributed by atoms with E-state index in [1.54, 1.807) is 0 Å². The van der Waals surface area contributed by atoms with Gasteiger partial charge in [-0.2, -0.15) is 0 Å². The molecule has 0 saturated heterocycles. The van der Waals surface area contributed by atoms with Crippen molar-refractivity contribution in [2.75, 3.05) is 6.54 Å². The van der Waals surface area contributed by atoms with Crippen molar-refractivity contribution in [2.24, 2.45) is 0 Å². The van der Waals surface area contributed by atoms with Crippen LogP contribution in [0.3, 0.4) is 0 Å². The van der Waals surface area contributed by atoms with Crippen molar-refractivity contribution in [3.05, 3.63) is 70.9 Å². The second kappa shape index (κ2) is 8.28. The Labute approximate surface area is 161 Å². The predicted octanol–water partition coefficient (Wildman–Crippen LogP) is 6.20. The average molecular weight is 367 g/mol. The van der Waals surface area contributed by atoms with Crippen LogP contribution in [-0.2, 0) is 13.0 Å². The number of nitrogens with zero attached hydrogens (tertiary/aromatic N) is 1. The standard InChI is InChI=1S/C23H27ClN2/c24-20-8-6-7-18(15-20)17-26(21-9-2-1-3-10-21)14-13-19-16-25-23-12-5-4-11-22(19)23/h4-8,11-12,15-16,21,25H,1-3,9-10,13-14,17H2. The van der Waals surface area contributed by atoms with E-state index in [-0.39, 0.29) is 0 Å². The van der Waals surface area contributed by atoms with Gasteiger partial charge in [0.2, 0.25) is 0 Å². The average Bonchev–Trinajstić information content (AvgIpc) is 3.09. The van der Waals surface area contributed by atoms with Gasteiger partial charge in [0.05, 0.1) is 0 Å². The van der Waals surface area contributed by atoms with E-state index in [0.717, 1.165) is 24.5 Å². The first-order chi connectivity index (χ1) is 12.8. The maximum atomic E-state index is 6.22. The maximum absolute atomic E-state index is 6.22. The molecule has 136 valence electrons. The monoisotopic (exact) mass is 366 g/mol. The second-order valence-electron chi connectivity index (χ2n) is 7.50. The van der Waals surface area contributed by atoms with Crippen LogP contribution in [0.25, 0.3) is 10.9 Å². The SMILES string of the molecule is Clc1cccc(CN(CCc2c[nH]c3ccccc23)C2CCCCC2)c1. The third-order valence-corrected chi connectivity index (χ3v) is 5.94. The molecule has 0 spiro atoms. The van der Waals surface area contributed by atoms with Crippen LogP contribution in [-0.4, -0.2) is 22.5 Å².